The molecule has 2 aromatic carbocycles. The third-order valence-corrected chi connectivity index (χ3v) is 11.2. The summed E-state index contributed by atoms with van der Waals surface area (Å²) in [5, 5.41) is 0. The number of hydrogen-bond acceptors (Lipinski definition) is 0. The monoisotopic (exact) mass is 390 g/mol. The number of aryl methyl sites for hydroxylation is 4. The van der Waals surface area contributed by atoms with Gasteiger partial charge in [0, 0.05) is 0 Å². The Morgan fingerprint density at radius 1 is 0.667 bits per heavy atom. The fourth-order valence-electron chi connectivity index (χ4n) is 4.08. The van der Waals surface area contributed by atoms with Crippen LogP contribution in [-0.2, 0) is 34.1 Å². The van der Waals surface area contributed by atoms with Crippen LogP contribution in [0.3, 0.4) is 0 Å². The first-order valence-corrected chi connectivity index (χ1v) is 12.9. The van der Waals surface area contributed by atoms with Crippen LogP contribution in [-0.4, -0.2) is 4.21 Å². The maximum atomic E-state index is 4.75. The van der Waals surface area contributed by atoms with Crippen molar-refractivity contribution in [1.29, 1.82) is 0 Å². The molecule has 0 heterocycles. The van der Waals surface area contributed by atoms with Crippen molar-refractivity contribution in [3.8, 4) is 0 Å². The van der Waals surface area contributed by atoms with Crippen LogP contribution in [0.25, 0.3) is 12.2 Å². The molecule has 2 aliphatic rings. The molecule has 0 radical (unpaired) electrons. The van der Waals surface area contributed by atoms with E-state index in [1.54, 1.807) is 17.7 Å². The number of hydrogen-bond donors (Lipinski definition) is 0. The minimum absolute atomic E-state index is 1.15. The first kappa shape index (κ1) is 16.2. The topological polar surface area (TPSA) is 0 Å². The molecule has 120 valence electrons. The zero-order valence-electron chi connectivity index (χ0n) is 15.1. The summed E-state index contributed by atoms with van der Waals surface area (Å²) in [5.41, 5.74) is 11.8. The van der Waals surface area contributed by atoms with Gasteiger partial charge in [0.1, 0.15) is 0 Å². The van der Waals surface area contributed by atoms with E-state index in [1.165, 1.54) is 33.4 Å². The fraction of sp³-hybridized carbons (Fsp3) is 0.261. The van der Waals surface area contributed by atoms with Crippen LogP contribution in [0.5, 0.6) is 0 Å². The number of rotatable bonds is 2. The molecule has 0 nitrogen and oxygen atoms in total. The van der Waals surface area contributed by atoms with Crippen LogP contribution >= 0.6 is 0 Å². The molecule has 24 heavy (non-hydrogen) atoms. The second-order valence-corrected chi connectivity index (χ2v) is 12.9. The van der Waals surface area contributed by atoms with Gasteiger partial charge >= 0.3 is 154 Å². The van der Waals surface area contributed by atoms with Gasteiger partial charge in [0.25, 0.3) is 0 Å². The zero-order valence-corrected chi connectivity index (χ0v) is 17.5. The maximum absolute atomic E-state index is 4.75. The molecule has 0 saturated heterocycles. The second kappa shape index (κ2) is 5.88. The van der Waals surface area contributed by atoms with Crippen molar-refractivity contribution in [3.63, 3.8) is 0 Å². The normalized spacial score (nSPS) is 15.0. The summed E-state index contributed by atoms with van der Waals surface area (Å²) in [4.78, 5) is 0. The summed E-state index contributed by atoms with van der Waals surface area (Å²) < 4.78 is 8.08. The molecule has 2 aromatic rings. The molecular weight excluding hydrogens is 367 g/mol. The average molecular weight is 392 g/mol. The van der Waals surface area contributed by atoms with E-state index in [0.29, 0.717) is 0 Å². The quantitative estimate of drug-likeness (QED) is 0.637. The standard InChI is InChI=1S/2C11H11.CH2.Zr/c2*1-8-6-7-9(2)11-5-3-4-10(8)11;;/h2*4,6-7H,5H2,1-2H3;1H2;. The summed E-state index contributed by atoms with van der Waals surface area (Å²) in [6.45, 7) is 8.97. The summed E-state index contributed by atoms with van der Waals surface area (Å²) in [7, 11) is 0. The van der Waals surface area contributed by atoms with Crippen molar-refractivity contribution in [1.82, 2.24) is 0 Å². The molecule has 0 atom stereocenters. The van der Waals surface area contributed by atoms with Gasteiger partial charge in [-0.1, -0.05) is 0 Å². The molecular formula is C23H24Zr. The van der Waals surface area contributed by atoms with Crippen molar-refractivity contribution in [2.24, 2.45) is 0 Å². The Morgan fingerprint density at radius 3 is 1.42 bits per heavy atom. The van der Waals surface area contributed by atoms with Gasteiger partial charge < -0.3 is 0 Å². The van der Waals surface area contributed by atoms with E-state index < -0.39 is 21.3 Å². The predicted molar refractivity (Wildman–Crippen MR) is 102 cm³/mol. The summed E-state index contributed by atoms with van der Waals surface area (Å²) in [6.07, 6.45) is 7.27. The Bertz CT molecular complexity index is 877. The molecule has 0 fully saturated rings. The Kier molecular flexibility index (Phi) is 3.96. The van der Waals surface area contributed by atoms with Crippen molar-refractivity contribution in [2.75, 3.05) is 0 Å². The van der Waals surface area contributed by atoms with Crippen LogP contribution in [0.15, 0.2) is 30.8 Å². The van der Waals surface area contributed by atoms with Gasteiger partial charge in [-0.05, 0) is 0 Å². The molecule has 0 spiro atoms. The van der Waals surface area contributed by atoms with E-state index in [2.05, 4.69) is 64.1 Å². The molecule has 2 aliphatic carbocycles. The summed E-state index contributed by atoms with van der Waals surface area (Å²) >= 11 is -1.94. The van der Waals surface area contributed by atoms with Crippen LogP contribution in [0.4, 0.5) is 0 Å². The van der Waals surface area contributed by atoms with Gasteiger partial charge in [-0.25, -0.2) is 0 Å². The Labute approximate surface area is 153 Å². The molecule has 0 aromatic heterocycles. The number of fused-ring (bicyclic) bond motifs is 2. The van der Waals surface area contributed by atoms with E-state index in [1.807, 2.05) is 0 Å². The van der Waals surface area contributed by atoms with E-state index in [9.17, 15) is 0 Å². The van der Waals surface area contributed by atoms with Gasteiger partial charge in [0.05, 0.1) is 0 Å². The molecule has 1 heteroatoms. The van der Waals surface area contributed by atoms with Crippen molar-refractivity contribution >= 4 is 16.4 Å². The molecule has 0 aliphatic heterocycles. The average Bonchev–Trinajstić information content (AvgIpc) is 3.20. The third kappa shape index (κ3) is 2.49. The zero-order chi connectivity index (χ0) is 17.0. The Morgan fingerprint density at radius 2 is 1.04 bits per heavy atom. The van der Waals surface area contributed by atoms with Gasteiger partial charge in [-0.3, -0.25) is 0 Å². The molecule has 4 rings (SSSR count). The van der Waals surface area contributed by atoms with Gasteiger partial charge in [0.15, 0.2) is 0 Å². The SMILES string of the molecule is [CH2]=[Zr]([C]1=Cc2c(C)ccc(C)c2C1)[C]1=Cc2c(C)ccc(C)c2C1. The molecule has 0 unspecified atom stereocenters. The predicted octanol–water partition coefficient (Wildman–Crippen LogP) is 5.46. The van der Waals surface area contributed by atoms with Crippen LogP contribution < -0.4 is 0 Å². The van der Waals surface area contributed by atoms with Gasteiger partial charge in [-0.15, -0.1) is 0 Å². The minimum atomic E-state index is -1.94. The third-order valence-electron chi connectivity index (χ3n) is 5.77. The molecule has 0 bridgehead atoms. The Hall–Kier alpha value is -1.33. The van der Waals surface area contributed by atoms with Crippen molar-refractivity contribution < 1.29 is 21.3 Å². The first-order valence-electron chi connectivity index (χ1n) is 8.74. The van der Waals surface area contributed by atoms with Gasteiger partial charge in [0.2, 0.25) is 0 Å². The first-order chi connectivity index (χ1) is 11.5. The van der Waals surface area contributed by atoms with Crippen molar-refractivity contribution in [3.05, 3.63) is 75.3 Å². The molecule has 0 amide bonds. The molecule has 0 N–H and O–H groups in total. The van der Waals surface area contributed by atoms with E-state index in [4.69, 9.17) is 4.21 Å². The second-order valence-electron chi connectivity index (χ2n) is 7.35. The summed E-state index contributed by atoms with van der Waals surface area (Å²) in [5.74, 6) is 0. The number of benzene rings is 2. The van der Waals surface area contributed by atoms with Crippen LogP contribution in [0, 0.1) is 27.7 Å². The Balaban J connectivity index is 1.68. The fourth-order valence-corrected chi connectivity index (χ4v) is 8.58. The van der Waals surface area contributed by atoms with Gasteiger partial charge in [-0.2, -0.15) is 0 Å². The van der Waals surface area contributed by atoms with Crippen LogP contribution in [0.2, 0.25) is 0 Å². The van der Waals surface area contributed by atoms with Crippen LogP contribution in [0.1, 0.15) is 44.5 Å². The van der Waals surface area contributed by atoms with E-state index in [0.717, 1.165) is 12.8 Å². The summed E-state index contributed by atoms with van der Waals surface area (Å²) in [6, 6.07) is 9.07. The van der Waals surface area contributed by atoms with E-state index >= 15 is 0 Å². The number of allylic oxidation sites excluding steroid dienone is 2. The van der Waals surface area contributed by atoms with Crippen molar-refractivity contribution in [2.45, 2.75) is 40.5 Å². The van der Waals surface area contributed by atoms with E-state index in [-0.39, 0.29) is 0 Å². The molecule has 0 saturated carbocycles.